The number of nitrogens with one attached hydrogen (secondary N) is 3. The second-order valence-electron chi connectivity index (χ2n) is 6.94. The van der Waals surface area contributed by atoms with Crippen molar-refractivity contribution in [3.05, 3.63) is 59.2 Å². The van der Waals surface area contributed by atoms with E-state index in [-0.39, 0.29) is 6.54 Å². The lowest BCUT2D eigenvalue weighted by molar-refractivity contribution is -0.123. The Morgan fingerprint density at radius 3 is 2.83 bits per heavy atom. The maximum absolute atomic E-state index is 12.3. The molecule has 0 saturated carbocycles. The fraction of sp³-hybridized carbons (Fsp3) is 0.286. The van der Waals surface area contributed by atoms with Gasteiger partial charge in [0.25, 0.3) is 5.91 Å². The van der Waals surface area contributed by atoms with Crippen LogP contribution in [0.2, 0.25) is 0 Å². The quantitative estimate of drug-likeness (QED) is 0.575. The fourth-order valence-corrected chi connectivity index (χ4v) is 3.53. The molecule has 3 N–H and O–H groups in total. The van der Waals surface area contributed by atoms with Crippen molar-refractivity contribution in [2.45, 2.75) is 32.2 Å². The van der Waals surface area contributed by atoms with Gasteiger partial charge in [0.05, 0.1) is 18.4 Å². The third-order valence-corrected chi connectivity index (χ3v) is 4.92. The third-order valence-electron chi connectivity index (χ3n) is 4.92. The number of carbonyl (C=O) groups excluding carboxylic acids is 3. The van der Waals surface area contributed by atoms with E-state index in [0.717, 1.165) is 30.2 Å². The summed E-state index contributed by atoms with van der Waals surface area (Å²) < 4.78 is 10.1. The SMILES string of the molecule is O=C(COC(=O)c1ccc2[nH]c3c(c2c1)CCCC3)NC(=O)NCc1ccco1. The molecule has 0 fully saturated rings. The van der Waals surface area contributed by atoms with E-state index in [9.17, 15) is 14.4 Å². The van der Waals surface area contributed by atoms with Gasteiger partial charge in [0.15, 0.2) is 6.61 Å². The van der Waals surface area contributed by atoms with E-state index in [2.05, 4.69) is 15.6 Å². The molecule has 0 radical (unpaired) electrons. The Morgan fingerprint density at radius 2 is 2.00 bits per heavy atom. The van der Waals surface area contributed by atoms with Gasteiger partial charge in [0.1, 0.15) is 5.76 Å². The maximum atomic E-state index is 12.3. The minimum atomic E-state index is -0.713. The smallest absolute Gasteiger partial charge is 0.338 e. The molecule has 1 aliphatic rings. The topological polar surface area (TPSA) is 113 Å². The van der Waals surface area contributed by atoms with Crippen LogP contribution < -0.4 is 10.6 Å². The van der Waals surface area contributed by atoms with Crippen LogP contribution in [0.1, 0.15) is 40.2 Å². The number of carbonyl (C=O) groups is 3. The Hall–Kier alpha value is -3.55. The molecule has 0 atom stereocenters. The van der Waals surface area contributed by atoms with Crippen molar-refractivity contribution in [2.24, 2.45) is 0 Å². The number of aryl methyl sites for hydroxylation is 2. The fourth-order valence-electron chi connectivity index (χ4n) is 3.53. The van der Waals surface area contributed by atoms with Crippen LogP contribution in [0, 0.1) is 0 Å². The summed E-state index contributed by atoms with van der Waals surface area (Å²) in [5.74, 6) is -0.763. The first-order chi connectivity index (χ1) is 14.1. The van der Waals surface area contributed by atoms with Crippen LogP contribution in [-0.4, -0.2) is 29.5 Å². The minimum absolute atomic E-state index is 0.146. The van der Waals surface area contributed by atoms with E-state index in [1.807, 2.05) is 6.07 Å². The number of rotatable bonds is 5. The lowest BCUT2D eigenvalue weighted by Gasteiger charge is -2.10. The Balaban J connectivity index is 1.31. The summed E-state index contributed by atoms with van der Waals surface area (Å²) in [5, 5.41) is 5.60. The van der Waals surface area contributed by atoms with Crippen molar-refractivity contribution in [1.29, 1.82) is 0 Å². The highest BCUT2D eigenvalue weighted by atomic mass is 16.5. The molecule has 1 aromatic carbocycles. The van der Waals surface area contributed by atoms with Crippen LogP contribution in [0.4, 0.5) is 4.79 Å². The number of furan rings is 1. The van der Waals surface area contributed by atoms with Crippen LogP contribution in [0.3, 0.4) is 0 Å². The number of H-pyrrole nitrogens is 1. The van der Waals surface area contributed by atoms with Crippen molar-refractivity contribution in [1.82, 2.24) is 15.6 Å². The Kier molecular flexibility index (Phi) is 5.33. The van der Waals surface area contributed by atoms with Crippen molar-refractivity contribution < 1.29 is 23.5 Å². The summed E-state index contributed by atoms with van der Waals surface area (Å²) >= 11 is 0. The maximum Gasteiger partial charge on any atom is 0.338 e. The number of amides is 3. The van der Waals surface area contributed by atoms with Crippen molar-refractivity contribution in [2.75, 3.05) is 6.61 Å². The van der Waals surface area contributed by atoms with E-state index >= 15 is 0 Å². The van der Waals surface area contributed by atoms with Gasteiger partial charge < -0.3 is 19.5 Å². The van der Waals surface area contributed by atoms with Crippen LogP contribution in [0.5, 0.6) is 0 Å². The molecular weight excluding hydrogens is 374 g/mol. The first-order valence-corrected chi connectivity index (χ1v) is 9.51. The van der Waals surface area contributed by atoms with Gasteiger partial charge in [-0.1, -0.05) is 0 Å². The minimum Gasteiger partial charge on any atom is -0.467 e. The van der Waals surface area contributed by atoms with Gasteiger partial charge in [-0.05, 0) is 61.6 Å². The van der Waals surface area contributed by atoms with E-state index < -0.39 is 24.5 Å². The summed E-state index contributed by atoms with van der Waals surface area (Å²) in [6.45, 7) is -0.400. The first-order valence-electron chi connectivity index (χ1n) is 9.51. The van der Waals surface area contributed by atoms with E-state index in [1.165, 1.54) is 23.9 Å². The molecule has 2 heterocycles. The van der Waals surface area contributed by atoms with Crippen LogP contribution in [0.25, 0.3) is 10.9 Å². The third kappa shape index (κ3) is 4.31. The summed E-state index contributed by atoms with van der Waals surface area (Å²) in [5.41, 5.74) is 3.86. The van der Waals surface area contributed by atoms with E-state index in [0.29, 0.717) is 11.3 Å². The number of urea groups is 1. The summed E-state index contributed by atoms with van der Waals surface area (Å²) in [6, 6.07) is 8.02. The Labute approximate surface area is 166 Å². The average molecular weight is 395 g/mol. The van der Waals surface area contributed by atoms with Gasteiger partial charge in [-0.3, -0.25) is 10.1 Å². The lowest BCUT2D eigenvalue weighted by Crippen LogP contribution is -2.41. The van der Waals surface area contributed by atoms with E-state index in [1.54, 1.807) is 24.3 Å². The zero-order valence-electron chi connectivity index (χ0n) is 15.7. The lowest BCUT2D eigenvalue weighted by atomic mass is 9.95. The molecule has 0 aliphatic heterocycles. The molecule has 0 bridgehead atoms. The van der Waals surface area contributed by atoms with Crippen molar-refractivity contribution in [3.63, 3.8) is 0 Å². The highest BCUT2D eigenvalue weighted by Crippen LogP contribution is 2.29. The number of esters is 1. The molecule has 8 nitrogen and oxygen atoms in total. The van der Waals surface area contributed by atoms with Gasteiger partial charge >= 0.3 is 12.0 Å². The number of benzene rings is 1. The molecule has 0 spiro atoms. The zero-order chi connectivity index (χ0) is 20.2. The van der Waals surface area contributed by atoms with Crippen molar-refractivity contribution >= 4 is 28.8 Å². The number of hydrogen-bond acceptors (Lipinski definition) is 5. The molecule has 0 unspecified atom stereocenters. The Morgan fingerprint density at radius 1 is 1.14 bits per heavy atom. The van der Waals surface area contributed by atoms with Gasteiger partial charge in [-0.15, -0.1) is 0 Å². The van der Waals surface area contributed by atoms with Crippen molar-refractivity contribution in [3.8, 4) is 0 Å². The number of fused-ring (bicyclic) bond motifs is 3. The molecule has 3 aromatic rings. The predicted octanol–water partition coefficient (Wildman–Crippen LogP) is 2.82. The zero-order valence-corrected chi connectivity index (χ0v) is 15.7. The number of aromatic amines is 1. The monoisotopic (exact) mass is 395 g/mol. The molecule has 0 saturated heterocycles. The number of ether oxygens (including phenoxy) is 1. The van der Waals surface area contributed by atoms with Crippen LogP contribution in [0.15, 0.2) is 41.0 Å². The highest BCUT2D eigenvalue weighted by molar-refractivity contribution is 5.99. The summed E-state index contributed by atoms with van der Waals surface area (Å²) in [7, 11) is 0. The molecule has 2 aromatic heterocycles. The molecule has 150 valence electrons. The van der Waals surface area contributed by atoms with Gasteiger partial charge in [-0.2, -0.15) is 0 Å². The molecule has 8 heteroatoms. The molecule has 4 rings (SSSR count). The Bertz CT molecular complexity index is 1050. The largest absolute Gasteiger partial charge is 0.467 e. The normalized spacial score (nSPS) is 13.0. The predicted molar refractivity (Wildman–Crippen MR) is 104 cm³/mol. The summed E-state index contributed by atoms with van der Waals surface area (Å²) in [4.78, 5) is 39.3. The number of imide groups is 1. The molecular formula is C21H21N3O5. The molecule has 29 heavy (non-hydrogen) atoms. The molecule has 3 amide bonds. The number of hydrogen-bond donors (Lipinski definition) is 3. The number of aromatic nitrogens is 1. The van der Waals surface area contributed by atoms with Crippen LogP contribution in [-0.2, 0) is 28.9 Å². The second kappa shape index (κ2) is 8.22. The van der Waals surface area contributed by atoms with Gasteiger partial charge in [-0.25, -0.2) is 9.59 Å². The van der Waals surface area contributed by atoms with E-state index in [4.69, 9.17) is 9.15 Å². The first kappa shape index (κ1) is 18.8. The van der Waals surface area contributed by atoms with Crippen LogP contribution >= 0.6 is 0 Å². The van der Waals surface area contributed by atoms with Gasteiger partial charge in [0, 0.05) is 16.6 Å². The average Bonchev–Trinajstić information content (AvgIpc) is 3.37. The standard InChI is InChI=1S/C21H21N3O5/c25-19(24-21(27)22-11-14-4-3-9-28-14)12-29-20(26)13-7-8-18-16(10-13)15-5-1-2-6-17(15)23-18/h3-4,7-10,23H,1-2,5-6,11-12H2,(H2,22,24,25,27). The summed E-state index contributed by atoms with van der Waals surface area (Å²) in [6.07, 6.45) is 5.80. The highest BCUT2D eigenvalue weighted by Gasteiger charge is 2.18. The van der Waals surface area contributed by atoms with Gasteiger partial charge in [0.2, 0.25) is 0 Å². The molecule has 1 aliphatic carbocycles. The second-order valence-corrected chi connectivity index (χ2v) is 6.94.